The monoisotopic (exact) mass is 394 g/mol. The molecule has 9 heteroatoms. The summed E-state index contributed by atoms with van der Waals surface area (Å²) in [7, 11) is -3.79. The van der Waals surface area contributed by atoms with Crippen LogP contribution >= 0.6 is 0 Å². The molecule has 1 aliphatic heterocycles. The van der Waals surface area contributed by atoms with E-state index in [1.165, 1.54) is 24.3 Å². The largest absolute Gasteiger partial charge is 0.322 e. The van der Waals surface area contributed by atoms with Gasteiger partial charge in [-0.1, -0.05) is 0 Å². The van der Waals surface area contributed by atoms with Crippen LogP contribution in [0.25, 0.3) is 0 Å². The molecule has 142 valence electrons. The molecule has 1 saturated heterocycles. The fraction of sp³-hybridized carbons (Fsp3) is 0.222. The highest BCUT2D eigenvalue weighted by Gasteiger charge is 2.49. The molecule has 0 atom stereocenters. The number of benzene rings is 2. The van der Waals surface area contributed by atoms with Crippen molar-refractivity contribution in [3.8, 4) is 0 Å². The average Bonchev–Trinajstić information content (AvgIpc) is 2.69. The molecule has 1 N–H and O–H groups in total. The third kappa shape index (κ3) is 3.68. The lowest BCUT2D eigenvalue weighted by molar-refractivity contribution is -0.123. The van der Waals surface area contributed by atoms with Gasteiger partial charge in [-0.25, -0.2) is 21.5 Å². The predicted molar refractivity (Wildman–Crippen MR) is 95.8 cm³/mol. The summed E-state index contributed by atoms with van der Waals surface area (Å²) in [5, 5.41) is 2.35. The Morgan fingerprint density at radius 1 is 1.07 bits per heavy atom. The smallest absolute Gasteiger partial charge is 0.255 e. The van der Waals surface area contributed by atoms with E-state index in [0.717, 1.165) is 16.4 Å². The molecule has 0 aliphatic carbocycles. The van der Waals surface area contributed by atoms with Gasteiger partial charge in [0.1, 0.15) is 11.6 Å². The number of sulfonamides is 1. The molecular weight excluding hydrogens is 378 g/mol. The van der Waals surface area contributed by atoms with Crippen molar-refractivity contribution in [3.05, 3.63) is 59.7 Å². The topological polar surface area (TPSA) is 83.6 Å². The van der Waals surface area contributed by atoms with E-state index in [4.69, 9.17) is 0 Å². The van der Waals surface area contributed by atoms with Crippen LogP contribution in [0.2, 0.25) is 0 Å². The molecule has 0 spiro atoms. The third-order valence-corrected chi connectivity index (χ3v) is 6.09. The van der Waals surface area contributed by atoms with Crippen LogP contribution < -0.4 is 9.62 Å². The second kappa shape index (κ2) is 6.41. The Bertz CT molecular complexity index is 1010. The normalized spacial score (nSPS) is 17.8. The molecule has 2 aromatic rings. The number of hydrogen-bond donors (Lipinski definition) is 1. The SMILES string of the molecule is CC1(C)CS(=O)(=O)N(c2ccc(C(=O)Nc3cc(F)cc(F)c3)cc2)C1=O. The number of nitrogens with zero attached hydrogens (tertiary/aromatic N) is 1. The fourth-order valence-corrected chi connectivity index (χ4v) is 4.95. The van der Waals surface area contributed by atoms with Gasteiger partial charge >= 0.3 is 0 Å². The van der Waals surface area contributed by atoms with Crippen LogP contribution in [0, 0.1) is 17.0 Å². The number of hydrogen-bond acceptors (Lipinski definition) is 4. The molecule has 6 nitrogen and oxygen atoms in total. The van der Waals surface area contributed by atoms with E-state index < -0.39 is 38.9 Å². The molecule has 0 unspecified atom stereocenters. The minimum atomic E-state index is -3.79. The number of carbonyl (C=O) groups excluding carboxylic acids is 2. The third-order valence-electron chi connectivity index (χ3n) is 4.07. The molecule has 2 aromatic carbocycles. The molecular formula is C18H16F2N2O4S. The molecule has 1 heterocycles. The second-order valence-electron chi connectivity index (χ2n) is 6.87. The van der Waals surface area contributed by atoms with Crippen molar-refractivity contribution in [2.75, 3.05) is 15.4 Å². The highest BCUT2D eigenvalue weighted by molar-refractivity contribution is 7.94. The van der Waals surface area contributed by atoms with Gasteiger partial charge < -0.3 is 5.32 Å². The van der Waals surface area contributed by atoms with Crippen LogP contribution in [0.5, 0.6) is 0 Å². The fourth-order valence-electron chi connectivity index (χ4n) is 2.84. The summed E-state index contributed by atoms with van der Waals surface area (Å²) in [6.07, 6.45) is 0. The number of nitrogens with one attached hydrogen (secondary N) is 1. The lowest BCUT2D eigenvalue weighted by Gasteiger charge is -2.17. The molecule has 27 heavy (non-hydrogen) atoms. The summed E-state index contributed by atoms with van der Waals surface area (Å²) < 4.78 is 51.7. The maximum Gasteiger partial charge on any atom is 0.255 e. The van der Waals surface area contributed by atoms with Gasteiger partial charge in [-0.3, -0.25) is 9.59 Å². The van der Waals surface area contributed by atoms with Crippen molar-refractivity contribution in [3.63, 3.8) is 0 Å². The maximum absolute atomic E-state index is 13.2. The van der Waals surface area contributed by atoms with Crippen LogP contribution in [-0.4, -0.2) is 26.0 Å². The minimum Gasteiger partial charge on any atom is -0.322 e. The molecule has 3 rings (SSSR count). The van der Waals surface area contributed by atoms with Gasteiger partial charge in [0.2, 0.25) is 15.9 Å². The molecule has 2 amide bonds. The lowest BCUT2D eigenvalue weighted by atomic mass is 9.95. The Hall–Kier alpha value is -2.81. The molecule has 0 saturated carbocycles. The zero-order chi connectivity index (χ0) is 20.0. The Morgan fingerprint density at radius 3 is 2.11 bits per heavy atom. The summed E-state index contributed by atoms with van der Waals surface area (Å²) in [5.41, 5.74) is -0.831. The van der Waals surface area contributed by atoms with Crippen LogP contribution in [0.4, 0.5) is 20.2 Å². The predicted octanol–water partition coefficient (Wildman–Crippen LogP) is 2.92. The molecule has 0 radical (unpaired) electrons. The Labute approximate surface area is 154 Å². The van der Waals surface area contributed by atoms with Crippen LogP contribution in [-0.2, 0) is 14.8 Å². The molecule has 0 aromatic heterocycles. The van der Waals surface area contributed by atoms with Crippen molar-refractivity contribution in [1.82, 2.24) is 0 Å². The van der Waals surface area contributed by atoms with Gasteiger partial charge in [0.05, 0.1) is 16.9 Å². The van der Waals surface area contributed by atoms with Crippen LogP contribution in [0.15, 0.2) is 42.5 Å². The zero-order valence-electron chi connectivity index (χ0n) is 14.5. The van der Waals surface area contributed by atoms with E-state index in [1.54, 1.807) is 13.8 Å². The van der Waals surface area contributed by atoms with Crippen molar-refractivity contribution in [2.45, 2.75) is 13.8 Å². The maximum atomic E-state index is 13.2. The van der Waals surface area contributed by atoms with E-state index in [1.807, 2.05) is 0 Å². The number of carbonyl (C=O) groups is 2. The Morgan fingerprint density at radius 2 is 1.63 bits per heavy atom. The summed E-state index contributed by atoms with van der Waals surface area (Å²) >= 11 is 0. The van der Waals surface area contributed by atoms with Crippen LogP contribution in [0.1, 0.15) is 24.2 Å². The Balaban J connectivity index is 1.83. The number of halogens is 2. The lowest BCUT2D eigenvalue weighted by Crippen LogP contribution is -2.32. The summed E-state index contributed by atoms with van der Waals surface area (Å²) in [4.78, 5) is 24.6. The molecule has 1 fully saturated rings. The van der Waals surface area contributed by atoms with Crippen molar-refractivity contribution < 1.29 is 26.8 Å². The second-order valence-corrected chi connectivity index (χ2v) is 8.69. The highest BCUT2D eigenvalue weighted by atomic mass is 32.2. The summed E-state index contributed by atoms with van der Waals surface area (Å²) in [6.45, 7) is 3.10. The van der Waals surface area contributed by atoms with Gasteiger partial charge in [-0.05, 0) is 50.2 Å². The zero-order valence-corrected chi connectivity index (χ0v) is 15.3. The number of rotatable bonds is 3. The first-order valence-electron chi connectivity index (χ1n) is 7.94. The number of anilines is 2. The van der Waals surface area contributed by atoms with E-state index in [2.05, 4.69) is 5.32 Å². The first-order chi connectivity index (χ1) is 12.5. The van der Waals surface area contributed by atoms with E-state index in [9.17, 15) is 26.8 Å². The van der Waals surface area contributed by atoms with Crippen molar-refractivity contribution in [2.24, 2.45) is 5.41 Å². The minimum absolute atomic E-state index is 0.0550. The van der Waals surface area contributed by atoms with Crippen LogP contribution in [0.3, 0.4) is 0 Å². The first-order valence-corrected chi connectivity index (χ1v) is 9.55. The van der Waals surface area contributed by atoms with Gasteiger partial charge in [0.25, 0.3) is 5.91 Å². The van der Waals surface area contributed by atoms with Gasteiger partial charge in [-0.2, -0.15) is 0 Å². The first kappa shape index (κ1) is 19.0. The summed E-state index contributed by atoms with van der Waals surface area (Å²) in [6, 6.07) is 7.93. The Kier molecular flexibility index (Phi) is 4.51. The van der Waals surface area contributed by atoms with E-state index in [-0.39, 0.29) is 22.7 Å². The van der Waals surface area contributed by atoms with Crippen molar-refractivity contribution >= 4 is 33.2 Å². The van der Waals surface area contributed by atoms with Gasteiger partial charge in [0.15, 0.2) is 0 Å². The summed E-state index contributed by atoms with van der Waals surface area (Å²) in [5.74, 6) is -3.15. The van der Waals surface area contributed by atoms with Gasteiger partial charge in [0, 0.05) is 17.3 Å². The quantitative estimate of drug-likeness (QED) is 0.868. The highest BCUT2D eigenvalue weighted by Crippen LogP contribution is 2.35. The standard InChI is InChI=1S/C18H16F2N2O4S/c1-18(2)10-27(25,26)22(17(18)24)15-5-3-11(4-6-15)16(23)21-14-8-12(19)7-13(20)9-14/h3-9H,10H2,1-2H3,(H,21,23). The number of amides is 2. The van der Waals surface area contributed by atoms with Crippen molar-refractivity contribution in [1.29, 1.82) is 0 Å². The molecule has 1 aliphatic rings. The average molecular weight is 394 g/mol. The molecule has 0 bridgehead atoms. The van der Waals surface area contributed by atoms with Gasteiger partial charge in [-0.15, -0.1) is 0 Å². The van der Waals surface area contributed by atoms with E-state index >= 15 is 0 Å². The van der Waals surface area contributed by atoms with E-state index in [0.29, 0.717) is 6.07 Å².